The zero-order valence-electron chi connectivity index (χ0n) is 53.6. The number of ether oxygens (including phenoxy) is 3. The quantitative estimate of drug-likeness (QED) is 0.0380. The molecule has 26 N–H and O–H groups in total. The van der Waals surface area contributed by atoms with Gasteiger partial charge in [-0.2, -0.15) is 0 Å². The Bertz CT molecular complexity index is 1120. The highest BCUT2D eigenvalue weighted by molar-refractivity contribution is 4.74. The maximum absolute atomic E-state index is 8.33. The Morgan fingerprint density at radius 3 is 1.29 bits per heavy atom. The number of unbranched alkanes of at least 4 members (excludes halogenated alkanes) is 4. The predicted octanol–water partition coefficient (Wildman–Crippen LogP) is -1.75. The molecule has 1 unspecified atom stereocenters. The number of morpholine rings is 2. The summed E-state index contributed by atoms with van der Waals surface area (Å²) in [7, 11) is 8.12. The van der Waals surface area contributed by atoms with Crippen molar-refractivity contribution >= 4 is 0 Å². The van der Waals surface area contributed by atoms with Crippen molar-refractivity contribution in [3.05, 3.63) is 18.7 Å². The summed E-state index contributed by atoms with van der Waals surface area (Å²) in [5.41, 5.74) is 57.8. The Kier molecular flexibility index (Phi) is 93.1. The van der Waals surface area contributed by atoms with Crippen LogP contribution in [0.15, 0.2) is 18.7 Å². The topological polar surface area (TPSA) is 429 Å². The number of aryl methyl sites for hydroxylation is 1. The summed E-state index contributed by atoms with van der Waals surface area (Å²) in [6.07, 6.45) is 22.6. The van der Waals surface area contributed by atoms with Crippen LogP contribution in [0.5, 0.6) is 0 Å². The summed E-state index contributed by atoms with van der Waals surface area (Å²) in [5.74, 6) is 0.912. The highest BCUT2D eigenvalue weighted by atomic mass is 16.5. The minimum atomic E-state index is -0.00926. The first-order valence-electron chi connectivity index (χ1n) is 31.1. The van der Waals surface area contributed by atoms with Gasteiger partial charge >= 0.3 is 0 Å². The Labute approximate surface area is 502 Å². The maximum Gasteiger partial charge on any atom is 0.0945 e. The number of hydrogen-bond acceptors (Lipinski definition) is 24. The zero-order chi connectivity index (χ0) is 62.8. The largest absolute Gasteiger partial charge is 0.396 e. The third kappa shape index (κ3) is 92.0. The van der Waals surface area contributed by atoms with E-state index >= 15 is 0 Å². The average Bonchev–Trinajstić information content (AvgIpc) is 4.21. The first kappa shape index (κ1) is 91.5. The summed E-state index contributed by atoms with van der Waals surface area (Å²) in [6.45, 7) is 28.0. The molecule has 4 fully saturated rings. The van der Waals surface area contributed by atoms with E-state index in [0.29, 0.717) is 32.9 Å². The first-order chi connectivity index (χ1) is 39.8. The van der Waals surface area contributed by atoms with Gasteiger partial charge in [-0.15, -0.1) is 0 Å². The van der Waals surface area contributed by atoms with Crippen molar-refractivity contribution in [3.63, 3.8) is 0 Å². The summed E-state index contributed by atoms with van der Waals surface area (Å²) >= 11 is 0. The summed E-state index contributed by atoms with van der Waals surface area (Å²) in [4.78, 5) is 15.3. The Balaban J connectivity index is -0.000000195. The molecule has 1 aromatic heterocycles. The van der Waals surface area contributed by atoms with E-state index in [4.69, 9.17) is 97.7 Å². The molecular weight excluding hydrogens is 1050 g/mol. The fourth-order valence-electron chi connectivity index (χ4n) is 6.47. The number of nitrogens with zero attached hydrogens (tertiary/aromatic N) is 7. The van der Waals surface area contributed by atoms with Gasteiger partial charge in [-0.05, 0) is 177 Å². The Morgan fingerprint density at radius 2 is 0.976 bits per heavy atom. The molecule has 0 radical (unpaired) electrons. The van der Waals surface area contributed by atoms with Crippen LogP contribution >= 0.6 is 0 Å². The van der Waals surface area contributed by atoms with Crippen molar-refractivity contribution in [1.29, 1.82) is 0 Å². The van der Waals surface area contributed by atoms with Crippen molar-refractivity contribution in [2.75, 3.05) is 232 Å². The fourth-order valence-corrected chi connectivity index (χ4v) is 6.47. The number of rotatable bonds is 30. The third-order valence-electron chi connectivity index (χ3n) is 11.8. The lowest BCUT2D eigenvalue weighted by molar-refractivity contribution is 0.0377. The molecule has 0 aromatic carbocycles. The molecule has 1 saturated carbocycles. The first-order valence-corrected chi connectivity index (χ1v) is 31.1. The molecule has 1 aromatic rings. The normalized spacial score (nSPS) is 15.1. The van der Waals surface area contributed by atoms with E-state index in [-0.39, 0.29) is 25.9 Å². The second-order valence-corrected chi connectivity index (χ2v) is 20.3. The molecule has 3 aliphatic heterocycles. The SMILES string of the molecule is CCC(N)CO.CN(C)CCCN.CN(C)CCN.NCC1CC1.NCCCCCCO.NCCCCO.NCCCN1CCOCC1.NCCCn1ccnc1.NCCN1CCCCC1.NCCN1CCOCC1.NCCOCCO. The van der Waals surface area contributed by atoms with E-state index in [2.05, 4.69) is 43.6 Å². The van der Waals surface area contributed by atoms with E-state index in [1.54, 1.807) is 12.5 Å². The fraction of sp³-hybridized carbons (Fsp3) is 0.947. The van der Waals surface area contributed by atoms with Gasteiger partial charge in [-0.25, -0.2) is 4.98 Å². The number of likely N-dealkylation sites (N-methyl/N-ethyl adjacent to an activating group) is 1. The average molecular weight is 1190 g/mol. The molecule has 25 nitrogen and oxygen atoms in total. The second-order valence-electron chi connectivity index (χ2n) is 20.3. The van der Waals surface area contributed by atoms with Gasteiger partial charge in [0.25, 0.3) is 0 Å². The summed E-state index contributed by atoms with van der Waals surface area (Å²) < 4.78 is 17.1. The van der Waals surface area contributed by atoms with Crippen molar-refractivity contribution < 1.29 is 34.6 Å². The Hall–Kier alpha value is -1.71. The van der Waals surface area contributed by atoms with E-state index in [0.717, 1.165) is 214 Å². The molecule has 5 rings (SSSR count). The number of imidazole rings is 1. The summed E-state index contributed by atoms with van der Waals surface area (Å²) in [6, 6.07) is -0.00926. The minimum Gasteiger partial charge on any atom is -0.396 e. The lowest BCUT2D eigenvalue weighted by Gasteiger charge is -2.26. The number of aliphatic hydroxyl groups excluding tert-OH is 4. The van der Waals surface area contributed by atoms with Crippen LogP contribution in [0.2, 0.25) is 0 Å². The summed E-state index contributed by atoms with van der Waals surface area (Å²) in [5, 5.41) is 32.8. The zero-order valence-corrected chi connectivity index (χ0v) is 53.6. The van der Waals surface area contributed by atoms with Crippen molar-refractivity contribution in [3.8, 4) is 0 Å². The van der Waals surface area contributed by atoms with E-state index in [1.165, 1.54) is 45.2 Å². The van der Waals surface area contributed by atoms with Gasteiger partial charge in [0.05, 0.1) is 59.2 Å². The van der Waals surface area contributed by atoms with Crippen LogP contribution in [0.1, 0.15) is 103 Å². The number of nitrogens with two attached hydrogens (primary N) is 11. The molecule has 82 heavy (non-hydrogen) atoms. The van der Waals surface area contributed by atoms with E-state index in [1.807, 2.05) is 31.8 Å². The molecule has 0 bridgehead atoms. The van der Waals surface area contributed by atoms with Crippen LogP contribution in [0, 0.1) is 5.92 Å². The molecule has 25 heteroatoms. The van der Waals surface area contributed by atoms with Crippen molar-refractivity contribution in [1.82, 2.24) is 34.1 Å². The number of aromatic nitrogens is 2. The molecule has 1 aliphatic carbocycles. The van der Waals surface area contributed by atoms with Crippen molar-refractivity contribution in [2.24, 2.45) is 69.0 Å². The lowest BCUT2D eigenvalue weighted by atomic mass is 10.1. The molecular formula is C57H140N18O7. The number of hydrogen-bond donors (Lipinski definition) is 15. The van der Waals surface area contributed by atoms with Crippen LogP contribution in [-0.2, 0) is 20.8 Å². The minimum absolute atomic E-state index is 0.00926. The molecule has 1 atom stereocenters. The van der Waals surface area contributed by atoms with Gasteiger partial charge in [-0.3, -0.25) is 9.80 Å². The molecule has 3 saturated heterocycles. The van der Waals surface area contributed by atoms with Gasteiger partial charge in [-0.1, -0.05) is 26.2 Å². The molecule has 500 valence electrons. The molecule has 0 spiro atoms. The van der Waals surface area contributed by atoms with Gasteiger partial charge in [0, 0.05) is 110 Å². The second kappa shape index (κ2) is 83.5. The monoisotopic (exact) mass is 1190 g/mol. The van der Waals surface area contributed by atoms with Gasteiger partial charge in [0.15, 0.2) is 0 Å². The van der Waals surface area contributed by atoms with Crippen LogP contribution in [0.3, 0.4) is 0 Å². The smallest absolute Gasteiger partial charge is 0.0945 e. The van der Waals surface area contributed by atoms with Gasteiger partial charge in [0.1, 0.15) is 0 Å². The number of aliphatic hydroxyl groups is 4. The van der Waals surface area contributed by atoms with E-state index in [9.17, 15) is 0 Å². The molecule has 4 aliphatic rings. The Morgan fingerprint density at radius 1 is 0.512 bits per heavy atom. The number of likely N-dealkylation sites (tertiary alicyclic amines) is 1. The standard InChI is InChI=1S/C7H16N2O.C7H16N2.C6H11N3.C6H14N2O.C6H15NO.C5H14N2.C4H12N2.C4H11NO2.2C4H11NO.C4H9N/c8-2-1-3-9-4-6-10-7-5-9;8-4-7-9-5-2-1-3-6-9;7-2-1-4-9-5-3-8-6-9;7-1-2-8-3-5-9-6-4-8;7-5-3-1-2-4-6-8;1-7(2)5-3-4-6;1-6(2)4-3-5;5-1-3-7-4-2-6;1-2-4(5)3-6;5-3-1-2-4-6;5-3-4-1-2-4/h1-8H2;1-8H2;3,5-6H,1-2,4,7H2;1-7H2;8H,1-7H2;3-6H2,1-2H3;3-5H2,1-2H3;6H,1-5H2;4,6H,2-3,5H2,1H3;6H,1-5H2;4H,1-3,5H2. The van der Waals surface area contributed by atoms with Gasteiger partial charge < -0.3 is 117 Å². The maximum atomic E-state index is 8.33. The lowest BCUT2D eigenvalue weighted by Crippen LogP contribution is -2.39. The predicted molar refractivity (Wildman–Crippen MR) is 346 cm³/mol. The van der Waals surface area contributed by atoms with Crippen LogP contribution < -0.4 is 63.1 Å². The van der Waals surface area contributed by atoms with Crippen LogP contribution in [0.25, 0.3) is 0 Å². The molecule has 4 heterocycles. The van der Waals surface area contributed by atoms with Crippen molar-refractivity contribution in [2.45, 2.75) is 116 Å². The highest BCUT2D eigenvalue weighted by Gasteiger charge is 2.18. The van der Waals surface area contributed by atoms with Crippen LogP contribution in [0.4, 0.5) is 0 Å². The molecule has 0 amide bonds. The third-order valence-corrected chi connectivity index (χ3v) is 11.8. The van der Waals surface area contributed by atoms with Gasteiger partial charge in [0.2, 0.25) is 0 Å². The highest BCUT2D eigenvalue weighted by Crippen LogP contribution is 2.26. The van der Waals surface area contributed by atoms with Crippen LogP contribution in [-0.4, -0.2) is 292 Å². The number of piperidine rings is 1. The van der Waals surface area contributed by atoms with E-state index < -0.39 is 0 Å².